The normalized spacial score (nSPS) is 18.5. The zero-order valence-electron chi connectivity index (χ0n) is 17.2. The molecule has 0 unspecified atom stereocenters. The van der Waals surface area contributed by atoms with Crippen LogP contribution in [0.15, 0.2) is 42.5 Å². The van der Waals surface area contributed by atoms with E-state index in [2.05, 4.69) is 52.3 Å². The average Bonchev–Trinajstić information content (AvgIpc) is 3.10. The van der Waals surface area contributed by atoms with Crippen molar-refractivity contribution in [2.75, 3.05) is 58.3 Å². The smallest absolute Gasteiger partial charge is 0.251 e. The lowest BCUT2D eigenvalue weighted by molar-refractivity contribution is 0.0886. The van der Waals surface area contributed by atoms with Crippen LogP contribution >= 0.6 is 11.6 Å². The van der Waals surface area contributed by atoms with Crippen LogP contribution in [0.5, 0.6) is 0 Å². The molecule has 0 radical (unpaired) electrons. The summed E-state index contributed by atoms with van der Waals surface area (Å²) in [5.41, 5.74) is 4.67. The van der Waals surface area contributed by atoms with Crippen LogP contribution in [0, 0.1) is 0 Å². The van der Waals surface area contributed by atoms with Gasteiger partial charge in [0.05, 0.1) is 6.04 Å². The Balaban J connectivity index is 1.52. The van der Waals surface area contributed by atoms with Gasteiger partial charge in [-0.05, 0) is 54.9 Å². The van der Waals surface area contributed by atoms with E-state index < -0.39 is 0 Å². The maximum atomic E-state index is 12.7. The lowest BCUT2D eigenvalue weighted by Crippen LogP contribution is -2.48. The fraction of sp³-hybridized carbons (Fsp3) is 0.435. The van der Waals surface area contributed by atoms with Crippen molar-refractivity contribution in [1.82, 2.24) is 15.1 Å². The number of piperazine rings is 1. The number of likely N-dealkylation sites (N-methyl/N-ethyl adjacent to an activating group) is 2. The summed E-state index contributed by atoms with van der Waals surface area (Å²) in [5, 5.41) is 3.79. The van der Waals surface area contributed by atoms with Crippen molar-refractivity contribution in [2.24, 2.45) is 0 Å². The largest absolute Gasteiger partial charge is 0.374 e. The Morgan fingerprint density at radius 3 is 2.48 bits per heavy atom. The molecule has 4 rings (SSSR count). The minimum atomic E-state index is -0.0540. The van der Waals surface area contributed by atoms with Gasteiger partial charge in [-0.1, -0.05) is 23.7 Å². The summed E-state index contributed by atoms with van der Waals surface area (Å²) >= 11 is 5.95. The number of carbonyl (C=O) groups excluding carboxylic acids is 1. The Morgan fingerprint density at radius 2 is 1.76 bits per heavy atom. The average molecular weight is 413 g/mol. The van der Waals surface area contributed by atoms with Crippen molar-refractivity contribution in [3.8, 4) is 0 Å². The number of amides is 1. The molecule has 2 aliphatic heterocycles. The van der Waals surface area contributed by atoms with Crippen molar-refractivity contribution in [3.05, 3.63) is 64.2 Å². The first kappa shape index (κ1) is 20.2. The molecule has 0 spiro atoms. The van der Waals surface area contributed by atoms with Crippen molar-refractivity contribution < 1.29 is 4.79 Å². The molecule has 0 bridgehead atoms. The minimum Gasteiger partial charge on any atom is -0.374 e. The molecule has 0 aromatic heterocycles. The van der Waals surface area contributed by atoms with Gasteiger partial charge in [-0.2, -0.15) is 0 Å². The third-order valence-electron chi connectivity index (χ3n) is 6.16. The van der Waals surface area contributed by atoms with E-state index in [0.29, 0.717) is 17.1 Å². The summed E-state index contributed by atoms with van der Waals surface area (Å²) in [5.74, 6) is -0.0540. The lowest BCUT2D eigenvalue weighted by atomic mass is 10.00. The Kier molecular flexibility index (Phi) is 6.09. The molecule has 29 heavy (non-hydrogen) atoms. The second-order valence-corrected chi connectivity index (χ2v) is 8.57. The van der Waals surface area contributed by atoms with Gasteiger partial charge in [0.2, 0.25) is 0 Å². The fourth-order valence-electron chi connectivity index (χ4n) is 4.28. The first-order valence-electron chi connectivity index (χ1n) is 10.3. The first-order chi connectivity index (χ1) is 14.0. The van der Waals surface area contributed by atoms with Gasteiger partial charge in [-0.25, -0.2) is 0 Å². The van der Waals surface area contributed by atoms with Gasteiger partial charge in [0.15, 0.2) is 0 Å². The highest BCUT2D eigenvalue weighted by Gasteiger charge is 2.26. The molecule has 1 atom stereocenters. The number of nitrogens with zero attached hydrogens (tertiary/aromatic N) is 3. The van der Waals surface area contributed by atoms with Crippen molar-refractivity contribution in [3.63, 3.8) is 0 Å². The minimum absolute atomic E-state index is 0.0540. The number of benzene rings is 2. The molecule has 2 aromatic carbocycles. The molecular weight excluding hydrogens is 384 g/mol. The van der Waals surface area contributed by atoms with Crippen LogP contribution in [0.4, 0.5) is 5.69 Å². The molecule has 1 fully saturated rings. The van der Waals surface area contributed by atoms with Gasteiger partial charge < -0.3 is 15.1 Å². The van der Waals surface area contributed by atoms with Crippen LogP contribution in [-0.2, 0) is 6.42 Å². The molecule has 6 heteroatoms. The molecule has 5 nitrogen and oxygen atoms in total. The molecule has 1 saturated heterocycles. The standard InChI is InChI=1S/C23H29ClN4O/c1-26-11-13-28(14-12-26)22(16-25-23(29)17-3-6-20(24)7-4-17)18-5-8-21-19(15-18)9-10-27(21)2/h3-8,15,22H,9-14,16H2,1-2H3,(H,25,29)/t22-/m1/s1. The van der Waals surface area contributed by atoms with Gasteiger partial charge in [0, 0.05) is 62.6 Å². The summed E-state index contributed by atoms with van der Waals surface area (Å²) in [6.07, 6.45) is 1.09. The third-order valence-corrected chi connectivity index (χ3v) is 6.41. The molecule has 154 valence electrons. The highest BCUT2D eigenvalue weighted by Crippen LogP contribution is 2.31. The van der Waals surface area contributed by atoms with Crippen LogP contribution in [0.1, 0.15) is 27.5 Å². The Labute approximate surface area is 178 Å². The molecular formula is C23H29ClN4O. The summed E-state index contributed by atoms with van der Waals surface area (Å²) in [6, 6.07) is 14.0. The topological polar surface area (TPSA) is 38.8 Å². The Morgan fingerprint density at radius 1 is 1.03 bits per heavy atom. The number of carbonyl (C=O) groups is 1. The molecule has 2 aromatic rings. The van der Waals surface area contributed by atoms with Crippen LogP contribution in [0.2, 0.25) is 5.02 Å². The van der Waals surface area contributed by atoms with Gasteiger partial charge in [-0.15, -0.1) is 0 Å². The third kappa shape index (κ3) is 4.58. The number of nitrogens with one attached hydrogen (secondary N) is 1. The van der Waals surface area contributed by atoms with E-state index in [9.17, 15) is 4.79 Å². The van der Waals surface area contributed by atoms with E-state index in [1.165, 1.54) is 16.8 Å². The van der Waals surface area contributed by atoms with Gasteiger partial charge >= 0.3 is 0 Å². The number of rotatable bonds is 5. The predicted molar refractivity (Wildman–Crippen MR) is 119 cm³/mol. The number of anilines is 1. The molecule has 0 saturated carbocycles. The lowest BCUT2D eigenvalue weighted by Gasteiger charge is -2.38. The molecule has 1 N–H and O–H groups in total. The second kappa shape index (κ2) is 8.74. The molecule has 0 aliphatic carbocycles. The SMILES string of the molecule is CN1CCN([C@H](CNC(=O)c2ccc(Cl)cc2)c2ccc3c(c2)CCN3C)CC1. The maximum absolute atomic E-state index is 12.7. The second-order valence-electron chi connectivity index (χ2n) is 8.13. The van der Waals surface area contributed by atoms with Crippen molar-refractivity contribution in [2.45, 2.75) is 12.5 Å². The maximum Gasteiger partial charge on any atom is 0.251 e. The van der Waals surface area contributed by atoms with E-state index in [0.717, 1.165) is 39.1 Å². The van der Waals surface area contributed by atoms with E-state index in [-0.39, 0.29) is 11.9 Å². The van der Waals surface area contributed by atoms with E-state index in [1.807, 2.05) is 0 Å². The van der Waals surface area contributed by atoms with E-state index in [1.54, 1.807) is 24.3 Å². The summed E-state index contributed by atoms with van der Waals surface area (Å²) < 4.78 is 0. The zero-order valence-corrected chi connectivity index (χ0v) is 18.0. The van der Waals surface area contributed by atoms with Crippen LogP contribution < -0.4 is 10.2 Å². The van der Waals surface area contributed by atoms with Gasteiger partial charge in [0.25, 0.3) is 5.91 Å². The first-order valence-corrected chi connectivity index (χ1v) is 10.7. The molecule has 2 aliphatic rings. The highest BCUT2D eigenvalue weighted by molar-refractivity contribution is 6.30. The summed E-state index contributed by atoms with van der Waals surface area (Å²) in [4.78, 5) is 19.8. The number of hydrogen-bond donors (Lipinski definition) is 1. The van der Waals surface area contributed by atoms with E-state index in [4.69, 9.17) is 11.6 Å². The summed E-state index contributed by atoms with van der Waals surface area (Å²) in [6.45, 7) is 5.79. The number of fused-ring (bicyclic) bond motifs is 1. The highest BCUT2D eigenvalue weighted by atomic mass is 35.5. The van der Waals surface area contributed by atoms with Crippen LogP contribution in [0.3, 0.4) is 0 Å². The molecule has 2 heterocycles. The van der Waals surface area contributed by atoms with Crippen LogP contribution in [0.25, 0.3) is 0 Å². The fourth-order valence-corrected chi connectivity index (χ4v) is 4.40. The predicted octanol–water partition coefficient (Wildman–Crippen LogP) is 3.05. The summed E-state index contributed by atoms with van der Waals surface area (Å²) in [7, 11) is 4.32. The Hall–Kier alpha value is -2.08. The molecule has 1 amide bonds. The van der Waals surface area contributed by atoms with Crippen molar-refractivity contribution >= 4 is 23.2 Å². The monoisotopic (exact) mass is 412 g/mol. The number of hydrogen-bond acceptors (Lipinski definition) is 4. The number of halogens is 1. The van der Waals surface area contributed by atoms with E-state index >= 15 is 0 Å². The Bertz CT molecular complexity index is 862. The van der Waals surface area contributed by atoms with Gasteiger partial charge in [-0.3, -0.25) is 9.69 Å². The quantitative estimate of drug-likeness (QED) is 0.819. The zero-order chi connectivity index (χ0) is 20.4. The van der Waals surface area contributed by atoms with Crippen LogP contribution in [-0.4, -0.2) is 69.1 Å². The van der Waals surface area contributed by atoms with Gasteiger partial charge in [0.1, 0.15) is 0 Å². The van der Waals surface area contributed by atoms with Crippen molar-refractivity contribution in [1.29, 1.82) is 0 Å².